The second-order valence-electron chi connectivity index (χ2n) is 7.29. The monoisotopic (exact) mass is 501 g/mol. The number of ether oxygens (including phenoxy) is 1. The second kappa shape index (κ2) is 9.19. The fourth-order valence-electron chi connectivity index (χ4n) is 3.30. The van der Waals surface area contributed by atoms with Gasteiger partial charge < -0.3 is 15.2 Å². The Labute approximate surface area is 197 Å². The van der Waals surface area contributed by atoms with Crippen LogP contribution in [-0.2, 0) is 10.1 Å². The molecule has 4 aromatic rings. The fraction of sp³-hybridized carbons (Fsp3) is 0.0909. The van der Waals surface area contributed by atoms with Crippen LogP contribution in [0.5, 0.6) is 11.5 Å². The first-order valence-corrected chi connectivity index (χ1v) is 11.3. The topological polar surface area (TPSA) is 146 Å². The fourth-order valence-corrected chi connectivity index (χ4v) is 3.94. The Morgan fingerprint density at radius 3 is 2.54 bits per heavy atom. The van der Waals surface area contributed by atoms with Crippen molar-refractivity contribution in [3.63, 3.8) is 0 Å². The summed E-state index contributed by atoms with van der Waals surface area (Å²) in [6.45, 7) is 1.64. The molecule has 0 unspecified atom stereocenters. The van der Waals surface area contributed by atoms with E-state index in [-0.39, 0.29) is 28.7 Å². The summed E-state index contributed by atoms with van der Waals surface area (Å²) >= 11 is 0. The maximum atomic E-state index is 13.9. The van der Waals surface area contributed by atoms with Crippen LogP contribution < -0.4 is 10.1 Å². The number of rotatable bonds is 6. The zero-order valence-electron chi connectivity index (χ0n) is 18.2. The van der Waals surface area contributed by atoms with E-state index in [0.717, 1.165) is 12.4 Å². The maximum Gasteiger partial charge on any atom is 0.296 e. The number of anilines is 2. The van der Waals surface area contributed by atoms with Gasteiger partial charge in [-0.1, -0.05) is 0 Å². The minimum atomic E-state index is -4.62. The molecule has 0 saturated heterocycles. The SMILES string of the molecule is COc1ccc(N=Nc2c(C)cc3cc(Nc4ncnc(F)c4F)ccc3c2O)c(S(=O)(=O)O)c1. The van der Waals surface area contributed by atoms with E-state index < -0.39 is 26.8 Å². The van der Waals surface area contributed by atoms with Gasteiger partial charge in [-0.3, -0.25) is 4.55 Å². The minimum Gasteiger partial charge on any atom is -0.505 e. The number of aromatic nitrogens is 2. The molecule has 0 spiro atoms. The summed E-state index contributed by atoms with van der Waals surface area (Å²) in [5.74, 6) is -2.92. The summed E-state index contributed by atoms with van der Waals surface area (Å²) in [6.07, 6.45) is 0.880. The highest BCUT2D eigenvalue weighted by Crippen LogP contribution is 2.40. The highest BCUT2D eigenvalue weighted by Gasteiger charge is 2.18. The maximum absolute atomic E-state index is 13.9. The van der Waals surface area contributed by atoms with Crippen molar-refractivity contribution in [1.29, 1.82) is 0 Å². The molecular weight excluding hydrogens is 484 g/mol. The van der Waals surface area contributed by atoms with Gasteiger partial charge in [-0.15, -0.1) is 10.2 Å². The minimum absolute atomic E-state index is 0.0687. The van der Waals surface area contributed by atoms with Crippen LogP contribution >= 0.6 is 0 Å². The molecule has 0 atom stereocenters. The predicted molar refractivity (Wildman–Crippen MR) is 123 cm³/mol. The standard InChI is InChI=1S/C22H17F2N5O5S/c1-11-7-12-8-13(27-22-18(23)21(24)25-10-26-22)3-5-15(12)20(30)19(11)29-28-16-6-4-14(34-2)9-17(16)35(31,32)33/h3-10,30H,1-2H3,(H,25,26,27)(H,31,32,33). The van der Waals surface area contributed by atoms with E-state index in [1.807, 2.05) is 0 Å². The summed E-state index contributed by atoms with van der Waals surface area (Å²) in [5.41, 5.74) is 0.765. The van der Waals surface area contributed by atoms with Crippen LogP contribution in [0.25, 0.3) is 10.8 Å². The Hall–Kier alpha value is -4.23. The lowest BCUT2D eigenvalue weighted by atomic mass is 10.0. The third-order valence-electron chi connectivity index (χ3n) is 4.99. The molecule has 180 valence electrons. The molecule has 0 fully saturated rings. The third-order valence-corrected chi connectivity index (χ3v) is 5.87. The number of aryl methyl sites for hydroxylation is 1. The predicted octanol–water partition coefficient (Wildman–Crippen LogP) is 5.34. The molecule has 0 amide bonds. The summed E-state index contributed by atoms with van der Waals surface area (Å²) in [6, 6.07) is 10.1. The van der Waals surface area contributed by atoms with Gasteiger partial charge in [0.1, 0.15) is 28.3 Å². The van der Waals surface area contributed by atoms with Gasteiger partial charge in [-0.25, -0.2) is 9.97 Å². The number of halogens is 2. The molecule has 3 N–H and O–H groups in total. The first-order chi connectivity index (χ1) is 16.6. The molecule has 0 radical (unpaired) electrons. The van der Waals surface area contributed by atoms with E-state index in [2.05, 4.69) is 25.5 Å². The Morgan fingerprint density at radius 2 is 1.83 bits per heavy atom. The molecule has 10 nitrogen and oxygen atoms in total. The van der Waals surface area contributed by atoms with Crippen molar-refractivity contribution < 1.29 is 31.6 Å². The highest BCUT2D eigenvalue weighted by atomic mass is 32.2. The van der Waals surface area contributed by atoms with E-state index >= 15 is 0 Å². The number of nitrogens with zero attached hydrogens (tertiary/aromatic N) is 4. The molecule has 4 rings (SSSR count). The van der Waals surface area contributed by atoms with Gasteiger partial charge in [0.2, 0.25) is 5.82 Å². The highest BCUT2D eigenvalue weighted by molar-refractivity contribution is 7.86. The molecule has 3 aromatic carbocycles. The van der Waals surface area contributed by atoms with Crippen LogP contribution in [0.4, 0.5) is 31.7 Å². The van der Waals surface area contributed by atoms with Crippen molar-refractivity contribution in [2.45, 2.75) is 11.8 Å². The number of azo groups is 1. The largest absolute Gasteiger partial charge is 0.505 e. The molecule has 35 heavy (non-hydrogen) atoms. The molecule has 1 heterocycles. The van der Waals surface area contributed by atoms with Gasteiger partial charge in [0.05, 0.1) is 7.11 Å². The molecule has 1 aromatic heterocycles. The van der Waals surface area contributed by atoms with Crippen LogP contribution in [0, 0.1) is 18.7 Å². The Kier molecular flexibility index (Phi) is 6.28. The molecule has 0 aliphatic heterocycles. The van der Waals surface area contributed by atoms with Gasteiger partial charge in [0, 0.05) is 17.1 Å². The van der Waals surface area contributed by atoms with Crippen molar-refractivity contribution in [2.24, 2.45) is 10.2 Å². The summed E-state index contributed by atoms with van der Waals surface area (Å²) < 4.78 is 65.2. The Morgan fingerprint density at radius 1 is 1.06 bits per heavy atom. The smallest absolute Gasteiger partial charge is 0.296 e. The third kappa shape index (κ3) is 4.85. The zero-order valence-corrected chi connectivity index (χ0v) is 19.0. The quantitative estimate of drug-likeness (QED) is 0.182. The van der Waals surface area contributed by atoms with Crippen LogP contribution in [-0.4, -0.2) is 35.2 Å². The second-order valence-corrected chi connectivity index (χ2v) is 8.68. The lowest BCUT2D eigenvalue weighted by molar-refractivity contribution is 0.412. The molecule has 0 aliphatic carbocycles. The zero-order chi connectivity index (χ0) is 25.3. The summed E-state index contributed by atoms with van der Waals surface area (Å²) in [5, 5.41) is 22.3. The molecule has 0 saturated carbocycles. The van der Waals surface area contributed by atoms with Gasteiger partial charge >= 0.3 is 0 Å². The lowest BCUT2D eigenvalue weighted by Crippen LogP contribution is -2.01. The van der Waals surface area contributed by atoms with Crippen LogP contribution in [0.1, 0.15) is 5.56 Å². The number of fused-ring (bicyclic) bond motifs is 1. The molecule has 0 aliphatic rings. The molecule has 0 bridgehead atoms. The van der Waals surface area contributed by atoms with Crippen molar-refractivity contribution in [2.75, 3.05) is 12.4 Å². The average molecular weight is 501 g/mol. The van der Waals surface area contributed by atoms with Crippen molar-refractivity contribution in [1.82, 2.24) is 9.97 Å². The number of phenolic OH excluding ortho intramolecular Hbond substituents is 1. The van der Waals surface area contributed by atoms with Crippen LogP contribution in [0.2, 0.25) is 0 Å². The van der Waals surface area contributed by atoms with Gasteiger partial charge in [-0.05, 0) is 54.3 Å². The Bertz CT molecular complexity index is 1600. The summed E-state index contributed by atoms with van der Waals surface area (Å²) in [4.78, 5) is 6.29. The van der Waals surface area contributed by atoms with Gasteiger partial charge in [0.15, 0.2) is 11.6 Å². The summed E-state index contributed by atoms with van der Waals surface area (Å²) in [7, 11) is -3.29. The first-order valence-electron chi connectivity index (χ1n) is 9.85. The number of methoxy groups -OCH3 is 1. The van der Waals surface area contributed by atoms with E-state index in [1.165, 1.54) is 31.4 Å². The number of hydrogen-bond donors (Lipinski definition) is 3. The van der Waals surface area contributed by atoms with Crippen molar-refractivity contribution >= 4 is 43.8 Å². The molecule has 13 heteroatoms. The van der Waals surface area contributed by atoms with Crippen molar-refractivity contribution in [3.05, 3.63) is 66.1 Å². The number of benzene rings is 3. The van der Waals surface area contributed by atoms with E-state index in [1.54, 1.807) is 19.1 Å². The van der Waals surface area contributed by atoms with Crippen LogP contribution in [0.15, 0.2) is 63.9 Å². The van der Waals surface area contributed by atoms with E-state index in [9.17, 15) is 26.9 Å². The average Bonchev–Trinajstić information content (AvgIpc) is 2.81. The normalized spacial score (nSPS) is 11.8. The number of phenols is 1. The van der Waals surface area contributed by atoms with E-state index in [0.29, 0.717) is 22.0 Å². The van der Waals surface area contributed by atoms with Gasteiger partial charge in [0.25, 0.3) is 16.1 Å². The molecular formula is C22H17F2N5O5S. The number of hydrogen-bond acceptors (Lipinski definition) is 9. The first kappa shape index (κ1) is 23.9. The van der Waals surface area contributed by atoms with Crippen molar-refractivity contribution in [3.8, 4) is 11.5 Å². The number of nitrogens with one attached hydrogen (secondary N) is 1. The number of aromatic hydroxyl groups is 1. The Balaban J connectivity index is 1.72. The van der Waals surface area contributed by atoms with E-state index in [4.69, 9.17) is 4.74 Å². The van der Waals surface area contributed by atoms with Gasteiger partial charge in [-0.2, -0.15) is 17.2 Å². The van der Waals surface area contributed by atoms with Crippen LogP contribution in [0.3, 0.4) is 0 Å². The lowest BCUT2D eigenvalue weighted by Gasteiger charge is -2.11.